The Balaban J connectivity index is 2.52. The lowest BCUT2D eigenvalue weighted by Crippen LogP contribution is -2.18. The SMILES string of the molecule is CC(CS(=O)Cc1ccc(Br)cc1)C(=O)O. The predicted octanol–water partition coefficient (Wildman–Crippen LogP) is 2.42. The Kier molecular flexibility index (Phi) is 5.15. The van der Waals surface area contributed by atoms with E-state index in [1.807, 2.05) is 24.3 Å². The van der Waals surface area contributed by atoms with E-state index in [1.54, 1.807) is 6.92 Å². The molecule has 3 nitrogen and oxygen atoms in total. The number of carboxylic acid groups (broad SMARTS) is 1. The molecule has 16 heavy (non-hydrogen) atoms. The Morgan fingerprint density at radius 3 is 2.50 bits per heavy atom. The van der Waals surface area contributed by atoms with Crippen LogP contribution in [-0.2, 0) is 21.3 Å². The van der Waals surface area contributed by atoms with Crippen LogP contribution in [0.4, 0.5) is 0 Å². The van der Waals surface area contributed by atoms with Crippen LogP contribution in [0.2, 0.25) is 0 Å². The van der Waals surface area contributed by atoms with Gasteiger partial charge in [-0.3, -0.25) is 9.00 Å². The lowest BCUT2D eigenvalue weighted by atomic mass is 10.2. The molecule has 0 aliphatic carbocycles. The summed E-state index contributed by atoms with van der Waals surface area (Å²) in [5, 5.41) is 8.69. The summed E-state index contributed by atoms with van der Waals surface area (Å²) in [6, 6.07) is 7.53. The molecule has 88 valence electrons. The first-order valence-corrected chi connectivity index (χ1v) is 7.09. The fourth-order valence-electron chi connectivity index (χ4n) is 1.18. The molecule has 5 heteroatoms. The standard InChI is InChI=1S/C11H13BrO3S/c1-8(11(13)14)6-16(15)7-9-2-4-10(12)5-3-9/h2-5,8H,6-7H2,1H3,(H,13,14). The Hall–Kier alpha value is -0.680. The largest absolute Gasteiger partial charge is 0.481 e. The topological polar surface area (TPSA) is 54.4 Å². The molecule has 0 spiro atoms. The van der Waals surface area contributed by atoms with E-state index in [1.165, 1.54) is 0 Å². The second kappa shape index (κ2) is 6.15. The first-order valence-electron chi connectivity index (χ1n) is 4.81. The molecule has 0 saturated heterocycles. The molecule has 0 radical (unpaired) electrons. The van der Waals surface area contributed by atoms with Gasteiger partial charge >= 0.3 is 5.97 Å². The van der Waals surface area contributed by atoms with Crippen LogP contribution in [0.1, 0.15) is 12.5 Å². The fraction of sp³-hybridized carbons (Fsp3) is 0.364. The summed E-state index contributed by atoms with van der Waals surface area (Å²) < 4.78 is 12.6. The lowest BCUT2D eigenvalue weighted by molar-refractivity contribution is -0.140. The molecule has 2 atom stereocenters. The number of aliphatic carboxylic acids is 1. The summed E-state index contributed by atoms with van der Waals surface area (Å²) in [4.78, 5) is 10.6. The van der Waals surface area contributed by atoms with Gasteiger partial charge in [-0.2, -0.15) is 0 Å². The van der Waals surface area contributed by atoms with Crippen LogP contribution < -0.4 is 0 Å². The summed E-state index contributed by atoms with van der Waals surface area (Å²) in [5.74, 6) is -0.850. The second-order valence-electron chi connectivity index (χ2n) is 3.62. The van der Waals surface area contributed by atoms with Crippen LogP contribution in [-0.4, -0.2) is 21.0 Å². The highest BCUT2D eigenvalue weighted by Gasteiger charge is 2.14. The third-order valence-corrected chi connectivity index (χ3v) is 4.15. The average Bonchev–Trinajstić information content (AvgIpc) is 2.21. The van der Waals surface area contributed by atoms with Crippen LogP contribution in [0.15, 0.2) is 28.7 Å². The van der Waals surface area contributed by atoms with Gasteiger partial charge in [-0.1, -0.05) is 35.0 Å². The van der Waals surface area contributed by atoms with E-state index in [2.05, 4.69) is 15.9 Å². The number of carbonyl (C=O) groups is 1. The van der Waals surface area contributed by atoms with Crippen molar-refractivity contribution >= 4 is 32.7 Å². The summed E-state index contributed by atoms with van der Waals surface area (Å²) in [6.07, 6.45) is 0. The highest BCUT2D eigenvalue weighted by atomic mass is 79.9. The van der Waals surface area contributed by atoms with Crippen molar-refractivity contribution in [2.24, 2.45) is 5.92 Å². The molecule has 0 aliphatic heterocycles. The van der Waals surface area contributed by atoms with Gasteiger partial charge in [0.2, 0.25) is 0 Å². The quantitative estimate of drug-likeness (QED) is 0.909. The molecule has 0 bridgehead atoms. The first kappa shape index (κ1) is 13.4. The van der Waals surface area contributed by atoms with E-state index in [-0.39, 0.29) is 5.75 Å². The van der Waals surface area contributed by atoms with Crippen LogP contribution in [0.5, 0.6) is 0 Å². The molecule has 0 amide bonds. The molecule has 0 fully saturated rings. The molecule has 2 unspecified atom stereocenters. The van der Waals surface area contributed by atoms with Crippen LogP contribution >= 0.6 is 15.9 Å². The van der Waals surface area contributed by atoms with Gasteiger partial charge in [0.25, 0.3) is 0 Å². The van der Waals surface area contributed by atoms with Crippen molar-refractivity contribution in [3.8, 4) is 0 Å². The minimum absolute atomic E-state index is 0.200. The fourth-order valence-corrected chi connectivity index (χ4v) is 2.82. The molecule has 0 aromatic heterocycles. The van der Waals surface area contributed by atoms with E-state index in [0.717, 1.165) is 10.0 Å². The van der Waals surface area contributed by atoms with Gasteiger partial charge in [-0.25, -0.2) is 0 Å². The summed E-state index contributed by atoms with van der Waals surface area (Å²) >= 11 is 3.32. The number of hydrogen-bond acceptors (Lipinski definition) is 2. The van der Waals surface area contributed by atoms with E-state index in [4.69, 9.17) is 5.11 Å². The normalized spacial score (nSPS) is 14.4. The predicted molar refractivity (Wildman–Crippen MR) is 67.7 cm³/mol. The number of carboxylic acids is 1. The maximum Gasteiger partial charge on any atom is 0.307 e. The van der Waals surface area contributed by atoms with Crippen molar-refractivity contribution in [2.45, 2.75) is 12.7 Å². The van der Waals surface area contributed by atoms with Crippen molar-refractivity contribution in [1.82, 2.24) is 0 Å². The van der Waals surface area contributed by atoms with Crippen LogP contribution in [0.25, 0.3) is 0 Å². The van der Waals surface area contributed by atoms with Crippen molar-refractivity contribution in [3.05, 3.63) is 34.3 Å². The Labute approximate surface area is 105 Å². The molecule has 1 rings (SSSR count). The zero-order valence-corrected chi connectivity index (χ0v) is 11.3. The molecule has 0 saturated carbocycles. The van der Waals surface area contributed by atoms with Gasteiger partial charge in [-0.15, -0.1) is 0 Å². The van der Waals surface area contributed by atoms with E-state index < -0.39 is 22.7 Å². The Morgan fingerprint density at radius 2 is 2.00 bits per heavy atom. The van der Waals surface area contributed by atoms with Gasteiger partial charge in [-0.05, 0) is 17.7 Å². The van der Waals surface area contributed by atoms with Gasteiger partial charge in [0.05, 0.1) is 5.92 Å². The van der Waals surface area contributed by atoms with E-state index in [9.17, 15) is 9.00 Å². The van der Waals surface area contributed by atoms with Crippen molar-refractivity contribution in [1.29, 1.82) is 0 Å². The van der Waals surface area contributed by atoms with Gasteiger partial charge in [0.1, 0.15) is 0 Å². The van der Waals surface area contributed by atoms with Crippen molar-refractivity contribution < 1.29 is 14.1 Å². The maximum absolute atomic E-state index is 11.6. The number of rotatable bonds is 5. The molecule has 0 aliphatic rings. The smallest absolute Gasteiger partial charge is 0.307 e. The summed E-state index contributed by atoms with van der Waals surface area (Å²) in [6.45, 7) is 1.57. The highest BCUT2D eigenvalue weighted by molar-refractivity contribution is 9.10. The highest BCUT2D eigenvalue weighted by Crippen LogP contribution is 2.12. The number of halogens is 1. The first-order chi connectivity index (χ1) is 7.49. The molecular formula is C11H13BrO3S. The molecule has 1 aromatic rings. The van der Waals surface area contributed by atoms with Gasteiger partial charge in [0.15, 0.2) is 0 Å². The third-order valence-electron chi connectivity index (χ3n) is 2.10. The Morgan fingerprint density at radius 1 is 1.44 bits per heavy atom. The number of benzene rings is 1. The minimum Gasteiger partial charge on any atom is -0.481 e. The average molecular weight is 305 g/mol. The zero-order valence-electron chi connectivity index (χ0n) is 8.85. The second-order valence-corrected chi connectivity index (χ2v) is 6.03. The van der Waals surface area contributed by atoms with E-state index >= 15 is 0 Å². The van der Waals surface area contributed by atoms with Crippen LogP contribution in [0, 0.1) is 5.92 Å². The monoisotopic (exact) mass is 304 g/mol. The number of hydrogen-bond donors (Lipinski definition) is 1. The molecule has 1 aromatic carbocycles. The third kappa shape index (κ3) is 4.45. The summed E-state index contributed by atoms with van der Waals surface area (Å²) in [7, 11) is -1.12. The zero-order chi connectivity index (χ0) is 12.1. The van der Waals surface area contributed by atoms with Crippen molar-refractivity contribution in [2.75, 3.05) is 5.75 Å². The van der Waals surface area contributed by atoms with Crippen molar-refractivity contribution in [3.63, 3.8) is 0 Å². The summed E-state index contributed by atoms with van der Waals surface area (Å²) in [5.41, 5.74) is 0.958. The molecule has 0 heterocycles. The maximum atomic E-state index is 11.6. The minimum atomic E-state index is -1.12. The molecule has 1 N–H and O–H groups in total. The molecular weight excluding hydrogens is 292 g/mol. The van der Waals surface area contributed by atoms with Crippen LogP contribution in [0.3, 0.4) is 0 Å². The van der Waals surface area contributed by atoms with Gasteiger partial charge in [0, 0.05) is 26.8 Å². The Bertz CT molecular complexity index is 389. The van der Waals surface area contributed by atoms with E-state index in [0.29, 0.717) is 5.75 Å². The van der Waals surface area contributed by atoms with Gasteiger partial charge < -0.3 is 5.11 Å². The lowest BCUT2D eigenvalue weighted by Gasteiger charge is -2.06.